The minimum atomic E-state index is -0.481. The molecular formula is C19H20N2O3S. The van der Waals surface area contributed by atoms with Gasteiger partial charge in [-0.05, 0) is 68.2 Å². The van der Waals surface area contributed by atoms with Crippen LogP contribution < -0.4 is 10.1 Å². The molecule has 5 nitrogen and oxygen atoms in total. The first-order valence-corrected chi connectivity index (χ1v) is 8.53. The molecule has 0 spiro atoms. The van der Waals surface area contributed by atoms with Crippen molar-refractivity contribution in [1.29, 1.82) is 0 Å². The van der Waals surface area contributed by atoms with Crippen LogP contribution in [0.2, 0.25) is 0 Å². The summed E-state index contributed by atoms with van der Waals surface area (Å²) in [7, 11) is 0. The highest BCUT2D eigenvalue weighted by molar-refractivity contribution is 7.80. The van der Waals surface area contributed by atoms with Crippen LogP contribution in [0.5, 0.6) is 5.75 Å². The molecule has 6 heteroatoms. The van der Waals surface area contributed by atoms with Crippen LogP contribution in [0.25, 0.3) is 6.08 Å². The van der Waals surface area contributed by atoms with E-state index in [0.29, 0.717) is 0 Å². The highest BCUT2D eigenvalue weighted by Gasteiger charge is 2.33. The molecule has 0 aromatic heterocycles. The molecule has 130 valence electrons. The Kier molecular flexibility index (Phi) is 4.47. The standard InChI is InChI=1S/C19H20N2O3S/c1-4-9-21-17(23)14(16(22)20-18(21)25)11-12-5-6-15-13(10-12)7-8-19(2,3)24-15/h4-6,10-11H,1,7-9H2,2-3H3,(H,20,22,25). The third-order valence-electron chi connectivity index (χ3n) is 4.28. The van der Waals surface area contributed by atoms with Gasteiger partial charge in [0.2, 0.25) is 0 Å². The first-order chi connectivity index (χ1) is 11.8. The Bertz CT molecular complexity index is 811. The Morgan fingerprint density at radius 1 is 1.40 bits per heavy atom. The number of hydrogen-bond acceptors (Lipinski definition) is 4. The molecule has 0 aliphatic carbocycles. The molecule has 2 amide bonds. The molecule has 0 saturated carbocycles. The molecule has 1 N–H and O–H groups in total. The van der Waals surface area contributed by atoms with Crippen LogP contribution in [0.3, 0.4) is 0 Å². The van der Waals surface area contributed by atoms with Gasteiger partial charge in [-0.2, -0.15) is 0 Å². The van der Waals surface area contributed by atoms with Gasteiger partial charge in [0.15, 0.2) is 5.11 Å². The van der Waals surface area contributed by atoms with Crippen LogP contribution in [0, 0.1) is 0 Å². The summed E-state index contributed by atoms with van der Waals surface area (Å²) in [4.78, 5) is 26.0. The number of hydrogen-bond donors (Lipinski definition) is 1. The van der Waals surface area contributed by atoms with Crippen LogP contribution >= 0.6 is 12.2 Å². The molecule has 0 atom stereocenters. The fourth-order valence-electron chi connectivity index (χ4n) is 2.92. The lowest BCUT2D eigenvalue weighted by Gasteiger charge is -2.32. The predicted octanol–water partition coefficient (Wildman–Crippen LogP) is 2.60. The topological polar surface area (TPSA) is 58.6 Å². The van der Waals surface area contributed by atoms with Gasteiger partial charge in [-0.15, -0.1) is 6.58 Å². The molecular weight excluding hydrogens is 336 g/mol. The summed E-state index contributed by atoms with van der Waals surface area (Å²) in [6, 6.07) is 5.70. The van der Waals surface area contributed by atoms with Crippen LogP contribution in [-0.4, -0.2) is 34.0 Å². The number of carbonyl (C=O) groups is 2. The van der Waals surface area contributed by atoms with Crippen molar-refractivity contribution in [3.63, 3.8) is 0 Å². The number of amides is 2. The second-order valence-corrected chi connectivity index (χ2v) is 7.14. The zero-order valence-corrected chi connectivity index (χ0v) is 15.1. The largest absolute Gasteiger partial charge is 0.488 e. The van der Waals surface area contributed by atoms with Gasteiger partial charge in [-0.3, -0.25) is 19.8 Å². The molecule has 2 heterocycles. The van der Waals surface area contributed by atoms with E-state index < -0.39 is 11.8 Å². The van der Waals surface area contributed by atoms with E-state index in [-0.39, 0.29) is 22.8 Å². The third kappa shape index (κ3) is 3.49. The fourth-order valence-corrected chi connectivity index (χ4v) is 3.17. The molecule has 2 aliphatic heterocycles. The minimum Gasteiger partial charge on any atom is -0.488 e. The Hall–Kier alpha value is -2.47. The second-order valence-electron chi connectivity index (χ2n) is 6.75. The highest BCUT2D eigenvalue weighted by atomic mass is 32.1. The maximum Gasteiger partial charge on any atom is 0.265 e. The monoisotopic (exact) mass is 356 g/mol. The van der Waals surface area contributed by atoms with Gasteiger partial charge in [-0.25, -0.2) is 0 Å². The maximum atomic E-state index is 12.6. The number of thiocarbonyl (C=S) groups is 1. The summed E-state index contributed by atoms with van der Waals surface area (Å²) >= 11 is 5.05. The lowest BCUT2D eigenvalue weighted by atomic mass is 9.93. The lowest BCUT2D eigenvalue weighted by molar-refractivity contribution is -0.128. The third-order valence-corrected chi connectivity index (χ3v) is 4.60. The van der Waals surface area contributed by atoms with Gasteiger partial charge in [-0.1, -0.05) is 12.1 Å². The molecule has 0 unspecified atom stereocenters. The van der Waals surface area contributed by atoms with E-state index in [9.17, 15) is 9.59 Å². The van der Waals surface area contributed by atoms with Crippen LogP contribution in [0.1, 0.15) is 31.4 Å². The van der Waals surface area contributed by atoms with Crippen molar-refractivity contribution in [2.45, 2.75) is 32.3 Å². The summed E-state index contributed by atoms with van der Waals surface area (Å²) in [6.07, 6.45) is 4.97. The maximum absolute atomic E-state index is 12.6. The van der Waals surface area contributed by atoms with Crippen molar-refractivity contribution in [3.8, 4) is 5.75 Å². The number of rotatable bonds is 3. The van der Waals surface area contributed by atoms with Crippen molar-refractivity contribution in [2.24, 2.45) is 0 Å². The van der Waals surface area contributed by atoms with Crippen LogP contribution in [0.4, 0.5) is 0 Å². The van der Waals surface area contributed by atoms with E-state index >= 15 is 0 Å². The Balaban J connectivity index is 1.92. The van der Waals surface area contributed by atoms with E-state index in [0.717, 1.165) is 29.7 Å². The smallest absolute Gasteiger partial charge is 0.265 e. The van der Waals surface area contributed by atoms with Crippen LogP contribution in [-0.2, 0) is 16.0 Å². The summed E-state index contributed by atoms with van der Waals surface area (Å²) in [5, 5.41) is 2.65. The summed E-state index contributed by atoms with van der Waals surface area (Å²) < 4.78 is 5.97. The summed E-state index contributed by atoms with van der Waals surface area (Å²) in [5.74, 6) is -0.0403. The van der Waals surface area contributed by atoms with E-state index in [4.69, 9.17) is 17.0 Å². The normalized spacial score (nSPS) is 20.8. The molecule has 1 aromatic carbocycles. The Morgan fingerprint density at radius 3 is 2.88 bits per heavy atom. The fraction of sp³-hybridized carbons (Fsp3) is 0.316. The predicted molar refractivity (Wildman–Crippen MR) is 100 cm³/mol. The molecule has 2 aliphatic rings. The second kappa shape index (κ2) is 6.44. The zero-order chi connectivity index (χ0) is 18.2. The number of ether oxygens (including phenoxy) is 1. The summed E-state index contributed by atoms with van der Waals surface area (Å²) in [6.45, 7) is 7.99. The molecule has 1 saturated heterocycles. The van der Waals surface area contributed by atoms with Gasteiger partial charge in [0.05, 0.1) is 0 Å². The van der Waals surface area contributed by atoms with Crippen molar-refractivity contribution in [2.75, 3.05) is 6.54 Å². The first kappa shape index (κ1) is 17.4. The van der Waals surface area contributed by atoms with Gasteiger partial charge in [0.1, 0.15) is 16.9 Å². The average molecular weight is 356 g/mol. The van der Waals surface area contributed by atoms with Crippen molar-refractivity contribution >= 4 is 35.2 Å². The van der Waals surface area contributed by atoms with Crippen molar-refractivity contribution in [1.82, 2.24) is 10.2 Å². The molecule has 0 bridgehead atoms. The average Bonchev–Trinajstić information content (AvgIpc) is 2.55. The van der Waals surface area contributed by atoms with Gasteiger partial charge in [0.25, 0.3) is 11.8 Å². The van der Waals surface area contributed by atoms with E-state index in [1.807, 2.05) is 18.2 Å². The highest BCUT2D eigenvalue weighted by Crippen LogP contribution is 2.34. The summed E-state index contributed by atoms with van der Waals surface area (Å²) in [5.41, 5.74) is 1.75. The van der Waals surface area contributed by atoms with E-state index in [1.165, 1.54) is 4.90 Å². The van der Waals surface area contributed by atoms with Crippen molar-refractivity contribution in [3.05, 3.63) is 47.6 Å². The molecule has 3 rings (SSSR count). The number of aryl methyl sites for hydroxylation is 1. The molecule has 0 radical (unpaired) electrons. The number of benzene rings is 1. The van der Waals surface area contributed by atoms with E-state index in [1.54, 1.807) is 12.2 Å². The minimum absolute atomic E-state index is 0.0625. The van der Waals surface area contributed by atoms with Gasteiger partial charge in [0, 0.05) is 6.54 Å². The number of nitrogens with zero attached hydrogens (tertiary/aromatic N) is 1. The number of carbonyl (C=O) groups excluding carboxylic acids is 2. The molecule has 1 fully saturated rings. The van der Waals surface area contributed by atoms with Gasteiger partial charge < -0.3 is 4.74 Å². The van der Waals surface area contributed by atoms with Crippen LogP contribution in [0.15, 0.2) is 36.4 Å². The number of fused-ring (bicyclic) bond motifs is 1. The van der Waals surface area contributed by atoms with Crippen molar-refractivity contribution < 1.29 is 14.3 Å². The lowest BCUT2D eigenvalue weighted by Crippen LogP contribution is -2.53. The molecule has 25 heavy (non-hydrogen) atoms. The van der Waals surface area contributed by atoms with Gasteiger partial charge >= 0.3 is 0 Å². The number of nitrogens with one attached hydrogen (secondary N) is 1. The Morgan fingerprint density at radius 2 is 2.16 bits per heavy atom. The Labute approximate surface area is 152 Å². The SMILES string of the molecule is C=CCN1C(=O)C(=Cc2ccc3c(c2)CCC(C)(C)O3)C(=O)NC1=S. The molecule has 1 aromatic rings. The quantitative estimate of drug-likeness (QED) is 0.391. The first-order valence-electron chi connectivity index (χ1n) is 8.12. The van der Waals surface area contributed by atoms with E-state index in [2.05, 4.69) is 25.7 Å². The zero-order valence-electron chi connectivity index (χ0n) is 14.3.